The highest BCUT2D eigenvalue weighted by Gasteiger charge is 1.94. The molecule has 1 heterocycles. The third-order valence-electron chi connectivity index (χ3n) is 1.23. The van der Waals surface area contributed by atoms with Crippen molar-refractivity contribution in [3.63, 3.8) is 0 Å². The lowest BCUT2D eigenvalue weighted by atomic mass is 10.7. The topological polar surface area (TPSA) is 3.24 Å². The Kier molecular flexibility index (Phi) is 3.97. The molecular formula is C8H12NS2. The van der Waals surface area contributed by atoms with E-state index in [2.05, 4.69) is 30.4 Å². The van der Waals surface area contributed by atoms with Crippen LogP contribution in [0.4, 0.5) is 0 Å². The van der Waals surface area contributed by atoms with Gasteiger partial charge in [0.15, 0.2) is 0 Å². The summed E-state index contributed by atoms with van der Waals surface area (Å²) in [6.07, 6.45) is 0. The average Bonchev–Trinajstić information content (AvgIpc) is 2.39. The molecule has 1 aromatic heterocycles. The summed E-state index contributed by atoms with van der Waals surface area (Å²) in [5.41, 5.74) is 0. The Morgan fingerprint density at radius 3 is 3.00 bits per heavy atom. The minimum atomic E-state index is 1.14. The van der Waals surface area contributed by atoms with Gasteiger partial charge in [-0.2, -0.15) is 0 Å². The third kappa shape index (κ3) is 3.79. The van der Waals surface area contributed by atoms with Crippen LogP contribution in [0.15, 0.2) is 16.3 Å². The second-order valence-corrected chi connectivity index (χ2v) is 4.80. The highest BCUT2D eigenvalue weighted by molar-refractivity contribution is 8.01. The van der Waals surface area contributed by atoms with Crippen LogP contribution in [0.3, 0.4) is 0 Å². The summed E-state index contributed by atoms with van der Waals surface area (Å²) in [6, 6.07) is 4.09. The number of thiophene rings is 1. The highest BCUT2D eigenvalue weighted by atomic mass is 32.2. The van der Waals surface area contributed by atoms with Gasteiger partial charge in [0.2, 0.25) is 0 Å². The molecule has 0 atom stereocenters. The number of hydrogen-bond acceptors (Lipinski definition) is 3. The fraction of sp³-hybridized carbons (Fsp3) is 0.500. The van der Waals surface area contributed by atoms with Crippen LogP contribution in [0.5, 0.6) is 0 Å². The Morgan fingerprint density at radius 2 is 2.45 bits per heavy atom. The van der Waals surface area contributed by atoms with Gasteiger partial charge in [-0.25, -0.2) is 0 Å². The van der Waals surface area contributed by atoms with Crippen molar-refractivity contribution >= 4 is 23.1 Å². The summed E-state index contributed by atoms with van der Waals surface area (Å²) in [4.78, 5) is 2.20. The standard InChI is InChI=1S/C8H12NS2/c1-9(2)5-7-11-8-4-3-6-10-8/h3-4H,5,7H2,1-2H3. The molecule has 1 nitrogen and oxygen atoms in total. The Morgan fingerprint density at radius 1 is 1.64 bits per heavy atom. The van der Waals surface area contributed by atoms with Crippen molar-refractivity contribution in [1.29, 1.82) is 0 Å². The molecule has 0 bridgehead atoms. The Labute approximate surface area is 76.4 Å². The van der Waals surface area contributed by atoms with E-state index < -0.39 is 0 Å². The molecule has 0 fully saturated rings. The zero-order valence-corrected chi connectivity index (χ0v) is 8.47. The van der Waals surface area contributed by atoms with Crippen LogP contribution in [0.2, 0.25) is 0 Å². The van der Waals surface area contributed by atoms with Crippen LogP contribution >= 0.6 is 23.1 Å². The van der Waals surface area contributed by atoms with Crippen molar-refractivity contribution in [3.05, 3.63) is 17.5 Å². The maximum atomic E-state index is 3.08. The molecule has 0 aromatic carbocycles. The molecule has 0 N–H and O–H groups in total. The van der Waals surface area contributed by atoms with Crippen molar-refractivity contribution in [3.8, 4) is 0 Å². The minimum absolute atomic E-state index is 1.14. The molecule has 11 heavy (non-hydrogen) atoms. The number of thioether (sulfide) groups is 1. The van der Waals surface area contributed by atoms with Crippen molar-refractivity contribution in [2.45, 2.75) is 4.21 Å². The molecule has 0 aliphatic carbocycles. The highest BCUT2D eigenvalue weighted by Crippen LogP contribution is 2.22. The SMILES string of the molecule is CN(C)CCSc1cc[c]s1. The molecule has 0 saturated heterocycles. The second-order valence-electron chi connectivity index (χ2n) is 2.52. The fourth-order valence-electron chi connectivity index (χ4n) is 0.635. The molecule has 1 radical (unpaired) electrons. The fourth-order valence-corrected chi connectivity index (χ4v) is 2.47. The van der Waals surface area contributed by atoms with E-state index >= 15 is 0 Å². The minimum Gasteiger partial charge on any atom is -0.309 e. The first-order valence-electron chi connectivity index (χ1n) is 3.52. The van der Waals surface area contributed by atoms with Gasteiger partial charge in [0.25, 0.3) is 0 Å². The van der Waals surface area contributed by atoms with Gasteiger partial charge in [0.05, 0.1) is 4.21 Å². The van der Waals surface area contributed by atoms with Crippen molar-refractivity contribution in [2.24, 2.45) is 0 Å². The van der Waals surface area contributed by atoms with Gasteiger partial charge in [-0.15, -0.1) is 23.1 Å². The normalized spacial score (nSPS) is 10.8. The van der Waals surface area contributed by atoms with Gasteiger partial charge >= 0.3 is 0 Å². The molecule has 0 amide bonds. The summed E-state index contributed by atoms with van der Waals surface area (Å²) in [6.45, 7) is 1.14. The molecule has 0 aliphatic heterocycles. The van der Waals surface area contributed by atoms with Gasteiger partial charge in [0, 0.05) is 17.7 Å². The molecule has 0 aliphatic rings. The Hall–Kier alpha value is 0.01000. The van der Waals surface area contributed by atoms with Crippen molar-refractivity contribution in [1.82, 2.24) is 4.90 Å². The Bertz CT molecular complexity index is 182. The second kappa shape index (κ2) is 4.80. The molecular weight excluding hydrogens is 174 g/mol. The largest absolute Gasteiger partial charge is 0.309 e. The molecule has 0 saturated carbocycles. The smallest absolute Gasteiger partial charge is 0.0605 e. The molecule has 1 rings (SSSR count). The maximum absolute atomic E-state index is 3.08. The first-order valence-corrected chi connectivity index (χ1v) is 5.32. The van der Waals surface area contributed by atoms with Gasteiger partial charge in [-0.05, 0) is 26.2 Å². The summed E-state index contributed by atoms with van der Waals surface area (Å²) in [7, 11) is 4.20. The van der Waals surface area contributed by atoms with Crippen LogP contribution < -0.4 is 0 Å². The van der Waals surface area contributed by atoms with E-state index in [9.17, 15) is 0 Å². The summed E-state index contributed by atoms with van der Waals surface area (Å²) in [5, 5.41) is 3.08. The lowest BCUT2D eigenvalue weighted by Crippen LogP contribution is -2.14. The molecule has 0 spiro atoms. The predicted molar refractivity (Wildman–Crippen MR) is 52.4 cm³/mol. The van der Waals surface area contributed by atoms with Crippen LogP contribution in [0, 0.1) is 5.38 Å². The Balaban J connectivity index is 2.14. The molecule has 61 valence electrons. The first-order chi connectivity index (χ1) is 5.29. The monoisotopic (exact) mass is 186 g/mol. The lowest BCUT2D eigenvalue weighted by Gasteiger charge is -2.06. The van der Waals surface area contributed by atoms with E-state index in [1.54, 1.807) is 11.3 Å². The average molecular weight is 186 g/mol. The quantitative estimate of drug-likeness (QED) is 0.663. The lowest BCUT2D eigenvalue weighted by molar-refractivity contribution is 0.437. The van der Waals surface area contributed by atoms with Crippen LogP contribution in [0.1, 0.15) is 0 Å². The molecule has 3 heteroatoms. The third-order valence-corrected chi connectivity index (χ3v) is 3.23. The van der Waals surface area contributed by atoms with Crippen molar-refractivity contribution in [2.75, 3.05) is 26.4 Å². The first kappa shape index (κ1) is 9.10. The van der Waals surface area contributed by atoms with E-state index in [4.69, 9.17) is 0 Å². The van der Waals surface area contributed by atoms with Crippen LogP contribution in [-0.2, 0) is 0 Å². The maximum Gasteiger partial charge on any atom is 0.0605 e. The van der Waals surface area contributed by atoms with Crippen LogP contribution in [-0.4, -0.2) is 31.3 Å². The predicted octanol–water partition coefficient (Wildman–Crippen LogP) is 2.20. The van der Waals surface area contributed by atoms with E-state index in [0.29, 0.717) is 0 Å². The summed E-state index contributed by atoms with van der Waals surface area (Å²) in [5.74, 6) is 1.17. The molecule has 0 unspecified atom stereocenters. The van der Waals surface area contributed by atoms with E-state index in [-0.39, 0.29) is 0 Å². The van der Waals surface area contributed by atoms with E-state index in [0.717, 1.165) is 6.54 Å². The van der Waals surface area contributed by atoms with E-state index in [1.165, 1.54) is 9.96 Å². The number of rotatable bonds is 4. The zero-order chi connectivity index (χ0) is 8.10. The van der Waals surface area contributed by atoms with Gasteiger partial charge in [-0.3, -0.25) is 0 Å². The van der Waals surface area contributed by atoms with E-state index in [1.807, 2.05) is 17.8 Å². The summed E-state index contributed by atoms with van der Waals surface area (Å²) >= 11 is 3.60. The number of hydrogen-bond donors (Lipinski definition) is 0. The van der Waals surface area contributed by atoms with Crippen molar-refractivity contribution < 1.29 is 0 Å². The van der Waals surface area contributed by atoms with Gasteiger partial charge in [-0.1, -0.05) is 0 Å². The zero-order valence-electron chi connectivity index (χ0n) is 6.83. The molecule has 1 aromatic rings. The van der Waals surface area contributed by atoms with Gasteiger partial charge < -0.3 is 4.90 Å². The summed E-state index contributed by atoms with van der Waals surface area (Å²) < 4.78 is 1.37. The van der Waals surface area contributed by atoms with Gasteiger partial charge in [0.1, 0.15) is 0 Å². The number of nitrogens with zero attached hydrogens (tertiary/aromatic N) is 1. The van der Waals surface area contributed by atoms with Crippen LogP contribution in [0.25, 0.3) is 0 Å².